The molecule has 0 amide bonds. The number of nitrogens with zero attached hydrogens (tertiary/aromatic N) is 2. The highest BCUT2D eigenvalue weighted by Crippen LogP contribution is 2.13. The Morgan fingerprint density at radius 3 is 2.62 bits per heavy atom. The second kappa shape index (κ2) is 6.58. The van der Waals surface area contributed by atoms with E-state index < -0.39 is 0 Å². The van der Waals surface area contributed by atoms with E-state index in [1.807, 2.05) is 0 Å². The van der Waals surface area contributed by atoms with Gasteiger partial charge in [0, 0.05) is 12.6 Å². The van der Waals surface area contributed by atoms with Crippen LogP contribution in [0.3, 0.4) is 0 Å². The lowest BCUT2D eigenvalue weighted by atomic mass is 10.2. The molecular weight excluding hydrogens is 198 g/mol. The molecule has 0 radical (unpaired) electrons. The van der Waals surface area contributed by atoms with Gasteiger partial charge in [0.15, 0.2) is 0 Å². The van der Waals surface area contributed by atoms with Crippen molar-refractivity contribution in [2.45, 2.75) is 38.1 Å². The number of nitrogens with one attached hydrogen (secondary N) is 1. The van der Waals surface area contributed by atoms with Gasteiger partial charge in [-0.2, -0.15) is 0 Å². The second-order valence-electron chi connectivity index (χ2n) is 5.38. The Kier molecular flexibility index (Phi) is 5.07. The van der Waals surface area contributed by atoms with Crippen molar-refractivity contribution in [3.63, 3.8) is 0 Å². The number of likely N-dealkylation sites (N-methyl/N-ethyl adjacent to an activating group) is 1. The largest absolute Gasteiger partial charge is 0.315 e. The van der Waals surface area contributed by atoms with Gasteiger partial charge in [-0.05, 0) is 71.9 Å². The van der Waals surface area contributed by atoms with Crippen molar-refractivity contribution in [3.05, 3.63) is 0 Å². The molecule has 2 aliphatic heterocycles. The quantitative estimate of drug-likeness (QED) is 0.684. The van der Waals surface area contributed by atoms with Crippen molar-refractivity contribution in [2.75, 3.05) is 46.3 Å². The molecule has 3 nitrogen and oxygen atoms in total. The van der Waals surface area contributed by atoms with Crippen LogP contribution in [0.25, 0.3) is 0 Å². The summed E-state index contributed by atoms with van der Waals surface area (Å²) in [6, 6.07) is 0.798. The SMILES string of the molecule is CN1CCCC1CNCCCN1CCCC1. The van der Waals surface area contributed by atoms with Gasteiger partial charge in [-0.25, -0.2) is 0 Å². The Hall–Kier alpha value is -0.120. The summed E-state index contributed by atoms with van der Waals surface area (Å²) in [7, 11) is 2.25. The third-order valence-corrected chi connectivity index (χ3v) is 4.08. The zero-order valence-corrected chi connectivity index (χ0v) is 10.7. The Morgan fingerprint density at radius 1 is 1.12 bits per heavy atom. The fraction of sp³-hybridized carbons (Fsp3) is 1.00. The minimum Gasteiger partial charge on any atom is -0.315 e. The van der Waals surface area contributed by atoms with Crippen LogP contribution < -0.4 is 5.32 Å². The molecule has 3 heteroatoms. The molecule has 0 aromatic rings. The molecule has 2 rings (SSSR count). The first-order valence-corrected chi connectivity index (χ1v) is 6.99. The summed E-state index contributed by atoms with van der Waals surface area (Å²) in [5.74, 6) is 0. The van der Waals surface area contributed by atoms with Crippen LogP contribution in [0.5, 0.6) is 0 Å². The Morgan fingerprint density at radius 2 is 1.94 bits per heavy atom. The third-order valence-electron chi connectivity index (χ3n) is 4.08. The number of likely N-dealkylation sites (tertiary alicyclic amines) is 2. The standard InChI is InChI=1S/C13H27N3/c1-15-8-4-6-13(15)12-14-7-5-11-16-9-2-3-10-16/h13-14H,2-12H2,1H3. The van der Waals surface area contributed by atoms with Crippen LogP contribution in [-0.4, -0.2) is 62.2 Å². The smallest absolute Gasteiger partial charge is 0.0218 e. The van der Waals surface area contributed by atoms with Crippen LogP contribution in [0, 0.1) is 0 Å². The van der Waals surface area contributed by atoms with Crippen LogP contribution in [-0.2, 0) is 0 Å². The highest BCUT2D eigenvalue weighted by Gasteiger charge is 2.19. The molecule has 16 heavy (non-hydrogen) atoms. The van der Waals surface area contributed by atoms with E-state index in [2.05, 4.69) is 22.2 Å². The maximum absolute atomic E-state index is 3.61. The monoisotopic (exact) mass is 225 g/mol. The fourth-order valence-electron chi connectivity index (χ4n) is 2.94. The molecule has 1 N–H and O–H groups in total. The van der Waals surface area contributed by atoms with Gasteiger partial charge in [-0.3, -0.25) is 0 Å². The average Bonchev–Trinajstić information content (AvgIpc) is 2.90. The Labute approximate surface area is 100 Å². The molecule has 2 aliphatic rings. The van der Waals surface area contributed by atoms with Crippen molar-refractivity contribution in [1.82, 2.24) is 15.1 Å². The summed E-state index contributed by atoms with van der Waals surface area (Å²) in [5, 5.41) is 3.61. The highest BCUT2D eigenvalue weighted by atomic mass is 15.2. The van der Waals surface area contributed by atoms with E-state index in [0.717, 1.165) is 6.04 Å². The van der Waals surface area contributed by atoms with Crippen LogP contribution in [0.4, 0.5) is 0 Å². The van der Waals surface area contributed by atoms with Crippen LogP contribution in [0.15, 0.2) is 0 Å². The summed E-state index contributed by atoms with van der Waals surface area (Å²) in [5.41, 5.74) is 0. The summed E-state index contributed by atoms with van der Waals surface area (Å²) in [6.45, 7) is 7.65. The van der Waals surface area contributed by atoms with Crippen LogP contribution >= 0.6 is 0 Å². The first-order chi connectivity index (χ1) is 7.86. The third kappa shape index (κ3) is 3.72. The van der Waals surface area contributed by atoms with Crippen molar-refractivity contribution >= 4 is 0 Å². The predicted molar refractivity (Wildman–Crippen MR) is 68.8 cm³/mol. The summed E-state index contributed by atoms with van der Waals surface area (Å²) < 4.78 is 0. The zero-order valence-electron chi connectivity index (χ0n) is 10.7. The molecule has 0 aromatic carbocycles. The van der Waals surface area contributed by atoms with Crippen molar-refractivity contribution in [1.29, 1.82) is 0 Å². The van der Waals surface area contributed by atoms with E-state index in [9.17, 15) is 0 Å². The minimum absolute atomic E-state index is 0.798. The molecule has 1 atom stereocenters. The lowest BCUT2D eigenvalue weighted by Gasteiger charge is -2.20. The van der Waals surface area contributed by atoms with E-state index in [0.29, 0.717) is 0 Å². The van der Waals surface area contributed by atoms with Crippen molar-refractivity contribution in [3.8, 4) is 0 Å². The lowest BCUT2D eigenvalue weighted by Crippen LogP contribution is -2.36. The maximum atomic E-state index is 3.61. The highest BCUT2D eigenvalue weighted by molar-refractivity contribution is 4.78. The molecule has 2 heterocycles. The van der Waals surface area contributed by atoms with E-state index in [4.69, 9.17) is 0 Å². The Bertz CT molecular complexity index is 190. The number of hydrogen-bond acceptors (Lipinski definition) is 3. The van der Waals surface area contributed by atoms with Gasteiger partial charge < -0.3 is 15.1 Å². The number of rotatable bonds is 6. The minimum atomic E-state index is 0.798. The molecule has 0 aliphatic carbocycles. The van der Waals surface area contributed by atoms with E-state index in [1.54, 1.807) is 0 Å². The van der Waals surface area contributed by atoms with E-state index in [1.165, 1.54) is 71.4 Å². The van der Waals surface area contributed by atoms with Crippen molar-refractivity contribution in [2.24, 2.45) is 0 Å². The molecule has 0 bridgehead atoms. The normalized spacial score (nSPS) is 27.9. The maximum Gasteiger partial charge on any atom is 0.0218 e. The van der Waals surface area contributed by atoms with Gasteiger partial charge in [-0.1, -0.05) is 0 Å². The zero-order chi connectivity index (χ0) is 11.2. The Balaban J connectivity index is 1.45. The van der Waals surface area contributed by atoms with E-state index >= 15 is 0 Å². The first-order valence-electron chi connectivity index (χ1n) is 6.99. The van der Waals surface area contributed by atoms with Gasteiger partial charge in [0.25, 0.3) is 0 Å². The molecule has 2 fully saturated rings. The molecule has 0 saturated carbocycles. The summed E-state index contributed by atoms with van der Waals surface area (Å²) in [4.78, 5) is 5.09. The molecule has 1 unspecified atom stereocenters. The molecule has 94 valence electrons. The van der Waals surface area contributed by atoms with Gasteiger partial charge in [-0.15, -0.1) is 0 Å². The van der Waals surface area contributed by atoms with Gasteiger partial charge in [0.05, 0.1) is 0 Å². The fourth-order valence-corrected chi connectivity index (χ4v) is 2.94. The molecule has 0 spiro atoms. The molecule has 0 aromatic heterocycles. The second-order valence-corrected chi connectivity index (χ2v) is 5.38. The van der Waals surface area contributed by atoms with Crippen LogP contribution in [0.2, 0.25) is 0 Å². The first kappa shape index (κ1) is 12.3. The summed E-state index contributed by atoms with van der Waals surface area (Å²) >= 11 is 0. The van der Waals surface area contributed by atoms with E-state index in [-0.39, 0.29) is 0 Å². The van der Waals surface area contributed by atoms with Gasteiger partial charge >= 0.3 is 0 Å². The lowest BCUT2D eigenvalue weighted by molar-refractivity contribution is 0.294. The van der Waals surface area contributed by atoms with Crippen LogP contribution in [0.1, 0.15) is 32.1 Å². The summed E-state index contributed by atoms with van der Waals surface area (Å²) in [6.07, 6.45) is 6.92. The van der Waals surface area contributed by atoms with Crippen molar-refractivity contribution < 1.29 is 0 Å². The molecular formula is C13H27N3. The number of hydrogen-bond donors (Lipinski definition) is 1. The van der Waals surface area contributed by atoms with Gasteiger partial charge in [0.2, 0.25) is 0 Å². The average molecular weight is 225 g/mol. The predicted octanol–water partition coefficient (Wildman–Crippen LogP) is 1.16. The van der Waals surface area contributed by atoms with Gasteiger partial charge in [0.1, 0.15) is 0 Å². The molecule has 2 saturated heterocycles. The topological polar surface area (TPSA) is 18.5 Å².